The number of hydrogen-bond acceptors (Lipinski definition) is 5. The Morgan fingerprint density at radius 2 is 1.95 bits per heavy atom. The van der Waals surface area contributed by atoms with Gasteiger partial charge in [-0.2, -0.15) is 0 Å². The van der Waals surface area contributed by atoms with Gasteiger partial charge in [0.05, 0.1) is 6.61 Å². The van der Waals surface area contributed by atoms with Gasteiger partial charge in [-0.3, -0.25) is 14.5 Å². The van der Waals surface area contributed by atoms with Gasteiger partial charge in [-0.05, 0) is 6.42 Å². The van der Waals surface area contributed by atoms with Crippen LogP contribution in [0.2, 0.25) is 0 Å². The van der Waals surface area contributed by atoms with Crippen molar-refractivity contribution in [2.45, 2.75) is 6.42 Å². The Labute approximate surface area is 113 Å². The Hall–Kier alpha value is -1.18. The largest absolute Gasteiger partial charge is 0.395 e. The molecule has 2 N–H and O–H groups in total. The number of rotatable bonds is 6. The van der Waals surface area contributed by atoms with Gasteiger partial charge in [-0.25, -0.2) is 0 Å². The van der Waals surface area contributed by atoms with E-state index in [9.17, 15) is 9.59 Å². The van der Waals surface area contributed by atoms with E-state index >= 15 is 0 Å². The van der Waals surface area contributed by atoms with E-state index in [1.807, 2.05) is 0 Å². The molecule has 7 heteroatoms. The number of carbonyl (C=O) groups excluding carboxylic acids is 2. The zero-order valence-electron chi connectivity index (χ0n) is 11.4. The van der Waals surface area contributed by atoms with Gasteiger partial charge in [0.2, 0.25) is 0 Å². The maximum absolute atomic E-state index is 11.8. The summed E-state index contributed by atoms with van der Waals surface area (Å²) in [5.74, 6) is -1.02. The smallest absolute Gasteiger partial charge is 0.311 e. The maximum Gasteiger partial charge on any atom is 0.311 e. The number of carbonyl (C=O) groups is 2. The minimum absolute atomic E-state index is 0.119. The molecule has 0 unspecified atom stereocenters. The Morgan fingerprint density at radius 1 is 1.26 bits per heavy atom. The van der Waals surface area contributed by atoms with E-state index in [1.165, 1.54) is 0 Å². The summed E-state index contributed by atoms with van der Waals surface area (Å²) >= 11 is 0. The van der Waals surface area contributed by atoms with Gasteiger partial charge in [0.1, 0.15) is 0 Å². The molecule has 0 saturated carbocycles. The second kappa shape index (κ2) is 8.84. The zero-order chi connectivity index (χ0) is 14.1. The average molecular weight is 273 g/mol. The van der Waals surface area contributed by atoms with Crippen molar-refractivity contribution in [2.75, 3.05) is 59.6 Å². The molecule has 110 valence electrons. The minimum atomic E-state index is -0.549. The van der Waals surface area contributed by atoms with Crippen LogP contribution in [0, 0.1) is 0 Å². The van der Waals surface area contributed by atoms with E-state index in [-0.39, 0.29) is 6.61 Å². The van der Waals surface area contributed by atoms with E-state index in [1.54, 1.807) is 12.0 Å². The Kier molecular flexibility index (Phi) is 7.39. The highest BCUT2D eigenvalue weighted by Crippen LogP contribution is 2.01. The highest BCUT2D eigenvalue weighted by atomic mass is 16.5. The molecule has 0 aromatic heterocycles. The van der Waals surface area contributed by atoms with Crippen molar-refractivity contribution < 1.29 is 19.4 Å². The van der Waals surface area contributed by atoms with Crippen LogP contribution < -0.4 is 5.32 Å². The number of aliphatic hydroxyl groups excluding tert-OH is 1. The first-order chi connectivity index (χ1) is 9.19. The fraction of sp³-hybridized carbons (Fsp3) is 0.833. The molecule has 0 aliphatic carbocycles. The topological polar surface area (TPSA) is 82.1 Å². The number of aliphatic hydroxyl groups is 1. The van der Waals surface area contributed by atoms with Crippen LogP contribution >= 0.6 is 0 Å². The summed E-state index contributed by atoms with van der Waals surface area (Å²) in [4.78, 5) is 27.1. The molecule has 0 aromatic carbocycles. The molecular formula is C12H23N3O4. The third kappa shape index (κ3) is 5.54. The third-order valence-electron chi connectivity index (χ3n) is 3.08. The predicted molar refractivity (Wildman–Crippen MR) is 69.6 cm³/mol. The van der Waals surface area contributed by atoms with Crippen LogP contribution in [-0.2, 0) is 14.3 Å². The monoisotopic (exact) mass is 273 g/mol. The van der Waals surface area contributed by atoms with Gasteiger partial charge in [0, 0.05) is 53.0 Å². The van der Waals surface area contributed by atoms with Crippen LogP contribution in [-0.4, -0.2) is 86.3 Å². The van der Waals surface area contributed by atoms with E-state index in [0.717, 1.165) is 0 Å². The third-order valence-corrected chi connectivity index (χ3v) is 3.08. The van der Waals surface area contributed by atoms with Crippen LogP contribution in [0.25, 0.3) is 0 Å². The second-order valence-corrected chi connectivity index (χ2v) is 4.46. The molecule has 0 bridgehead atoms. The normalized spacial score (nSPS) is 16.4. The van der Waals surface area contributed by atoms with E-state index in [4.69, 9.17) is 9.84 Å². The SMILES string of the molecule is COCCCNC(=O)C(=O)N1CCN(CCO)CC1. The standard InChI is InChI=1S/C12H23N3O4/c1-19-10-2-3-13-11(17)12(18)15-6-4-14(5-7-15)8-9-16/h16H,2-10H2,1H3,(H,13,17). The quantitative estimate of drug-likeness (QED) is 0.444. The Morgan fingerprint density at radius 3 is 2.53 bits per heavy atom. The van der Waals surface area contributed by atoms with Crippen molar-refractivity contribution in [3.63, 3.8) is 0 Å². The van der Waals surface area contributed by atoms with Crippen molar-refractivity contribution in [1.82, 2.24) is 15.1 Å². The maximum atomic E-state index is 11.8. The van der Waals surface area contributed by atoms with E-state index in [2.05, 4.69) is 10.2 Å². The lowest BCUT2D eigenvalue weighted by Gasteiger charge is -2.33. The molecule has 0 aromatic rings. The number of ether oxygens (including phenoxy) is 1. The highest BCUT2D eigenvalue weighted by molar-refractivity contribution is 6.35. The first-order valence-corrected chi connectivity index (χ1v) is 6.58. The summed E-state index contributed by atoms with van der Waals surface area (Å²) in [6, 6.07) is 0. The molecule has 1 fully saturated rings. The summed E-state index contributed by atoms with van der Waals surface area (Å²) in [6.45, 7) is 4.21. The summed E-state index contributed by atoms with van der Waals surface area (Å²) in [5.41, 5.74) is 0. The number of methoxy groups -OCH3 is 1. The fourth-order valence-corrected chi connectivity index (χ4v) is 1.95. The molecular weight excluding hydrogens is 250 g/mol. The Bertz CT molecular complexity index is 291. The molecule has 7 nitrogen and oxygen atoms in total. The van der Waals surface area contributed by atoms with Gasteiger partial charge >= 0.3 is 11.8 Å². The number of hydrogen-bond donors (Lipinski definition) is 2. The van der Waals surface area contributed by atoms with E-state index < -0.39 is 11.8 Å². The molecule has 2 amide bonds. The zero-order valence-corrected chi connectivity index (χ0v) is 11.4. The number of amides is 2. The summed E-state index contributed by atoms with van der Waals surface area (Å²) in [7, 11) is 1.60. The minimum Gasteiger partial charge on any atom is -0.395 e. The van der Waals surface area contributed by atoms with Crippen LogP contribution in [0.1, 0.15) is 6.42 Å². The van der Waals surface area contributed by atoms with Crippen LogP contribution in [0.3, 0.4) is 0 Å². The molecule has 0 atom stereocenters. The van der Waals surface area contributed by atoms with Gasteiger partial charge in [0.15, 0.2) is 0 Å². The number of piperazine rings is 1. The summed E-state index contributed by atoms with van der Waals surface area (Å²) in [5, 5.41) is 11.4. The van der Waals surface area contributed by atoms with Crippen LogP contribution in [0.5, 0.6) is 0 Å². The molecule has 19 heavy (non-hydrogen) atoms. The molecule has 1 saturated heterocycles. The number of nitrogens with one attached hydrogen (secondary N) is 1. The van der Waals surface area contributed by atoms with Gasteiger partial charge in [0.25, 0.3) is 0 Å². The summed E-state index contributed by atoms with van der Waals surface area (Å²) in [6.07, 6.45) is 0.694. The van der Waals surface area contributed by atoms with Gasteiger partial charge in [-0.1, -0.05) is 0 Å². The van der Waals surface area contributed by atoms with Crippen molar-refractivity contribution in [3.05, 3.63) is 0 Å². The number of β-amino-alcohol motifs (C(OH)–C–C–N with tert-alkyl or cyclic N) is 1. The number of nitrogens with zero attached hydrogens (tertiary/aromatic N) is 2. The first-order valence-electron chi connectivity index (χ1n) is 6.58. The van der Waals surface area contributed by atoms with Crippen LogP contribution in [0.4, 0.5) is 0 Å². The van der Waals surface area contributed by atoms with Crippen molar-refractivity contribution >= 4 is 11.8 Å². The molecule has 0 radical (unpaired) electrons. The van der Waals surface area contributed by atoms with E-state index in [0.29, 0.717) is 52.3 Å². The lowest BCUT2D eigenvalue weighted by molar-refractivity contribution is -0.147. The summed E-state index contributed by atoms with van der Waals surface area (Å²) < 4.78 is 4.86. The van der Waals surface area contributed by atoms with Gasteiger partial charge in [-0.15, -0.1) is 0 Å². The highest BCUT2D eigenvalue weighted by Gasteiger charge is 2.25. The predicted octanol–water partition coefficient (Wildman–Crippen LogP) is -1.72. The lowest BCUT2D eigenvalue weighted by Crippen LogP contribution is -2.53. The first kappa shape index (κ1) is 15.9. The molecule has 1 aliphatic heterocycles. The van der Waals surface area contributed by atoms with Gasteiger partial charge < -0.3 is 20.1 Å². The van der Waals surface area contributed by atoms with Crippen molar-refractivity contribution in [3.8, 4) is 0 Å². The van der Waals surface area contributed by atoms with Crippen molar-refractivity contribution in [2.24, 2.45) is 0 Å². The Balaban J connectivity index is 2.24. The molecule has 1 heterocycles. The lowest BCUT2D eigenvalue weighted by atomic mass is 10.3. The fourth-order valence-electron chi connectivity index (χ4n) is 1.95. The molecule has 1 aliphatic rings. The van der Waals surface area contributed by atoms with Crippen molar-refractivity contribution in [1.29, 1.82) is 0 Å². The molecule has 0 spiro atoms. The average Bonchev–Trinajstić information content (AvgIpc) is 2.44. The molecule has 1 rings (SSSR count). The van der Waals surface area contributed by atoms with Crippen LogP contribution in [0.15, 0.2) is 0 Å². The second-order valence-electron chi connectivity index (χ2n) is 4.46.